The number of hydrogen-bond acceptors (Lipinski definition) is 3. The number of hydrogen-bond donors (Lipinski definition) is 2. The predicted molar refractivity (Wildman–Crippen MR) is 79.1 cm³/mol. The van der Waals surface area contributed by atoms with Crippen LogP contribution >= 0.6 is 11.8 Å². The molecule has 1 saturated heterocycles. The van der Waals surface area contributed by atoms with E-state index in [4.69, 9.17) is 0 Å². The Labute approximate surface area is 114 Å². The zero-order valence-electron chi connectivity index (χ0n) is 11.1. The van der Waals surface area contributed by atoms with Gasteiger partial charge in [0.25, 0.3) is 0 Å². The fourth-order valence-corrected chi connectivity index (χ4v) is 3.67. The molecule has 1 aromatic rings. The van der Waals surface area contributed by atoms with E-state index in [1.807, 2.05) is 11.8 Å². The molecule has 2 atom stereocenters. The van der Waals surface area contributed by atoms with Gasteiger partial charge in [-0.15, -0.1) is 0 Å². The van der Waals surface area contributed by atoms with E-state index in [1.165, 1.54) is 5.56 Å². The van der Waals surface area contributed by atoms with Crippen molar-refractivity contribution in [2.24, 2.45) is 5.92 Å². The van der Waals surface area contributed by atoms with Crippen LogP contribution in [0.4, 0.5) is 0 Å². The quantitative estimate of drug-likeness (QED) is 0.828. The highest BCUT2D eigenvalue weighted by molar-refractivity contribution is 7.99. The maximum Gasteiger partial charge on any atom is 0.0869 e. The summed E-state index contributed by atoms with van der Waals surface area (Å²) >= 11 is 1.85. The first kappa shape index (κ1) is 13.9. The van der Waals surface area contributed by atoms with Crippen LogP contribution in [0.25, 0.3) is 0 Å². The molecule has 0 bridgehead atoms. The molecule has 18 heavy (non-hydrogen) atoms. The average Bonchev–Trinajstić information content (AvgIpc) is 2.77. The monoisotopic (exact) mass is 265 g/mol. The van der Waals surface area contributed by atoms with Crippen LogP contribution in [0.5, 0.6) is 0 Å². The number of nitrogens with one attached hydrogen (secondary N) is 1. The van der Waals surface area contributed by atoms with Gasteiger partial charge in [-0.05, 0) is 36.6 Å². The van der Waals surface area contributed by atoms with Gasteiger partial charge in [0, 0.05) is 12.3 Å². The lowest BCUT2D eigenvalue weighted by molar-refractivity contribution is 0.0670. The minimum absolute atomic E-state index is 0.461. The summed E-state index contributed by atoms with van der Waals surface area (Å²) in [4.78, 5) is 0. The molecule has 1 aromatic carbocycles. The topological polar surface area (TPSA) is 32.3 Å². The van der Waals surface area contributed by atoms with Crippen LogP contribution in [-0.2, 0) is 6.42 Å². The maximum absolute atomic E-state index is 10.2. The first-order valence-electron chi connectivity index (χ1n) is 6.73. The van der Waals surface area contributed by atoms with Crippen molar-refractivity contribution in [3.8, 4) is 0 Å². The Kier molecular flexibility index (Phi) is 5.10. The number of benzene rings is 1. The van der Waals surface area contributed by atoms with Crippen molar-refractivity contribution in [3.05, 3.63) is 35.9 Å². The molecule has 0 aliphatic carbocycles. The molecule has 100 valence electrons. The summed E-state index contributed by atoms with van der Waals surface area (Å²) < 4.78 is 0. The zero-order chi connectivity index (χ0) is 12.8. The Bertz CT molecular complexity index is 349. The summed E-state index contributed by atoms with van der Waals surface area (Å²) in [6, 6.07) is 10.6. The van der Waals surface area contributed by atoms with Crippen LogP contribution in [0, 0.1) is 5.92 Å². The predicted octanol–water partition coefficient (Wildman–Crippen LogP) is 2.32. The summed E-state index contributed by atoms with van der Waals surface area (Å²) in [6.45, 7) is 3.97. The third-order valence-electron chi connectivity index (χ3n) is 3.46. The SMILES string of the molecule is C[C@H](CNC[C@]1(O)CCSC1)Cc1ccccc1. The van der Waals surface area contributed by atoms with E-state index in [0.717, 1.165) is 37.4 Å². The molecule has 1 aliphatic heterocycles. The number of rotatable bonds is 6. The smallest absolute Gasteiger partial charge is 0.0869 e. The van der Waals surface area contributed by atoms with Crippen LogP contribution in [0.1, 0.15) is 18.9 Å². The molecule has 3 heteroatoms. The van der Waals surface area contributed by atoms with E-state index in [2.05, 4.69) is 42.6 Å². The lowest BCUT2D eigenvalue weighted by atomic mass is 10.00. The standard InChI is InChI=1S/C15H23NOS/c1-13(9-14-5-3-2-4-6-14)10-16-11-15(17)7-8-18-12-15/h2-6,13,16-17H,7-12H2,1H3/t13-,15+/m0/s1. The molecule has 2 rings (SSSR count). The molecule has 0 unspecified atom stereocenters. The molecule has 0 saturated carbocycles. The second kappa shape index (κ2) is 6.60. The Hall–Kier alpha value is -0.510. The van der Waals surface area contributed by atoms with Gasteiger partial charge in [-0.1, -0.05) is 37.3 Å². The molecule has 0 amide bonds. The molecule has 1 heterocycles. The van der Waals surface area contributed by atoms with Gasteiger partial charge in [-0.3, -0.25) is 0 Å². The first-order valence-corrected chi connectivity index (χ1v) is 7.88. The van der Waals surface area contributed by atoms with Crippen LogP contribution in [0.2, 0.25) is 0 Å². The van der Waals surface area contributed by atoms with Crippen LogP contribution < -0.4 is 5.32 Å². The van der Waals surface area contributed by atoms with Crippen molar-refractivity contribution in [2.75, 3.05) is 24.6 Å². The Morgan fingerprint density at radius 1 is 1.39 bits per heavy atom. The van der Waals surface area contributed by atoms with Crippen LogP contribution in [0.15, 0.2) is 30.3 Å². The number of aliphatic hydroxyl groups is 1. The maximum atomic E-state index is 10.2. The van der Waals surface area contributed by atoms with Gasteiger partial charge in [-0.25, -0.2) is 0 Å². The summed E-state index contributed by atoms with van der Waals surface area (Å²) in [5, 5.41) is 13.6. The molecule has 0 spiro atoms. The van der Waals surface area contributed by atoms with E-state index in [1.54, 1.807) is 0 Å². The summed E-state index contributed by atoms with van der Waals surface area (Å²) in [5.74, 6) is 2.58. The van der Waals surface area contributed by atoms with Gasteiger partial charge in [-0.2, -0.15) is 11.8 Å². The van der Waals surface area contributed by atoms with Crippen LogP contribution in [-0.4, -0.2) is 35.3 Å². The fourth-order valence-electron chi connectivity index (χ4n) is 2.38. The molecule has 0 radical (unpaired) electrons. The van der Waals surface area contributed by atoms with Gasteiger partial charge in [0.1, 0.15) is 0 Å². The highest BCUT2D eigenvalue weighted by Crippen LogP contribution is 2.26. The highest BCUT2D eigenvalue weighted by atomic mass is 32.2. The fraction of sp³-hybridized carbons (Fsp3) is 0.600. The zero-order valence-corrected chi connectivity index (χ0v) is 11.9. The largest absolute Gasteiger partial charge is 0.388 e. The van der Waals surface area contributed by atoms with Crippen molar-refractivity contribution in [1.29, 1.82) is 0 Å². The van der Waals surface area contributed by atoms with Crippen molar-refractivity contribution in [3.63, 3.8) is 0 Å². The Balaban J connectivity index is 1.67. The third-order valence-corrected chi connectivity index (χ3v) is 4.69. The van der Waals surface area contributed by atoms with E-state index in [-0.39, 0.29) is 0 Å². The second-order valence-electron chi connectivity index (χ2n) is 5.45. The van der Waals surface area contributed by atoms with Gasteiger partial charge >= 0.3 is 0 Å². The van der Waals surface area contributed by atoms with Crippen molar-refractivity contribution < 1.29 is 5.11 Å². The summed E-state index contributed by atoms with van der Waals surface area (Å²) in [6.07, 6.45) is 2.03. The van der Waals surface area contributed by atoms with Gasteiger partial charge in [0.15, 0.2) is 0 Å². The lowest BCUT2D eigenvalue weighted by Crippen LogP contribution is -2.42. The normalized spacial score (nSPS) is 25.2. The highest BCUT2D eigenvalue weighted by Gasteiger charge is 2.31. The minimum atomic E-state index is -0.461. The van der Waals surface area contributed by atoms with Crippen molar-refractivity contribution in [1.82, 2.24) is 5.32 Å². The molecule has 1 aliphatic rings. The molecule has 2 nitrogen and oxygen atoms in total. The molecular weight excluding hydrogens is 242 g/mol. The van der Waals surface area contributed by atoms with E-state index in [0.29, 0.717) is 5.92 Å². The van der Waals surface area contributed by atoms with E-state index in [9.17, 15) is 5.11 Å². The summed E-state index contributed by atoms with van der Waals surface area (Å²) in [7, 11) is 0. The molecular formula is C15H23NOS. The van der Waals surface area contributed by atoms with E-state index < -0.39 is 5.60 Å². The van der Waals surface area contributed by atoms with Crippen LogP contribution in [0.3, 0.4) is 0 Å². The van der Waals surface area contributed by atoms with Crippen molar-refractivity contribution >= 4 is 11.8 Å². The average molecular weight is 265 g/mol. The molecule has 1 fully saturated rings. The number of thioether (sulfide) groups is 1. The van der Waals surface area contributed by atoms with Gasteiger partial charge in [0.05, 0.1) is 5.60 Å². The van der Waals surface area contributed by atoms with Crippen molar-refractivity contribution in [2.45, 2.75) is 25.4 Å². The van der Waals surface area contributed by atoms with Gasteiger partial charge in [0.2, 0.25) is 0 Å². The molecule has 0 aromatic heterocycles. The second-order valence-corrected chi connectivity index (χ2v) is 6.56. The Morgan fingerprint density at radius 2 is 2.17 bits per heavy atom. The lowest BCUT2D eigenvalue weighted by Gasteiger charge is -2.23. The third kappa shape index (κ3) is 4.30. The minimum Gasteiger partial charge on any atom is -0.388 e. The molecule has 2 N–H and O–H groups in total. The first-order chi connectivity index (χ1) is 8.68. The summed E-state index contributed by atoms with van der Waals surface area (Å²) in [5.41, 5.74) is 0.930. The van der Waals surface area contributed by atoms with Gasteiger partial charge < -0.3 is 10.4 Å². The van der Waals surface area contributed by atoms with E-state index >= 15 is 0 Å². The Morgan fingerprint density at radius 3 is 2.83 bits per heavy atom.